The Morgan fingerprint density at radius 2 is 1.71 bits per heavy atom. The third-order valence-electron chi connectivity index (χ3n) is 4.74. The van der Waals surface area contributed by atoms with Crippen LogP contribution in [0.4, 0.5) is 0 Å². The summed E-state index contributed by atoms with van der Waals surface area (Å²) in [6.45, 7) is 7.01. The maximum atomic E-state index is 5.86. The number of hydrogen-bond acceptors (Lipinski definition) is 3. The quantitative estimate of drug-likeness (QED) is 0.753. The Balaban J connectivity index is 1.63. The minimum atomic E-state index is 0.442. The lowest BCUT2D eigenvalue weighted by Crippen LogP contribution is -2.47. The molecule has 3 nitrogen and oxygen atoms in total. The van der Waals surface area contributed by atoms with Crippen LogP contribution in [-0.2, 0) is 4.74 Å². The van der Waals surface area contributed by atoms with Crippen LogP contribution in [0.25, 0.3) is 0 Å². The molecule has 3 heteroatoms. The summed E-state index contributed by atoms with van der Waals surface area (Å²) in [5, 5.41) is 3.77. The highest BCUT2D eigenvalue weighted by molar-refractivity contribution is 4.92. The van der Waals surface area contributed by atoms with Crippen molar-refractivity contribution < 1.29 is 4.74 Å². The maximum Gasteiger partial charge on any atom is 0.0565 e. The summed E-state index contributed by atoms with van der Waals surface area (Å²) in [5.74, 6) is 0. The van der Waals surface area contributed by atoms with E-state index < -0.39 is 0 Å². The first-order valence-corrected chi connectivity index (χ1v) is 7.36. The highest BCUT2D eigenvalue weighted by Crippen LogP contribution is 2.28. The molecule has 4 unspecified atom stereocenters. The molecule has 0 radical (unpaired) electrons. The average molecular weight is 238 g/mol. The molecule has 3 aliphatic rings. The summed E-state index contributed by atoms with van der Waals surface area (Å²) in [6.07, 6.45) is 7.46. The second-order valence-corrected chi connectivity index (χ2v) is 6.30. The van der Waals surface area contributed by atoms with Crippen molar-refractivity contribution >= 4 is 0 Å². The molecule has 0 aliphatic carbocycles. The van der Waals surface area contributed by atoms with E-state index in [1.807, 2.05) is 0 Å². The first-order chi connectivity index (χ1) is 8.20. The molecule has 0 aromatic rings. The molecule has 3 heterocycles. The lowest BCUT2D eigenvalue weighted by Gasteiger charge is -2.40. The molecule has 0 spiro atoms. The van der Waals surface area contributed by atoms with Gasteiger partial charge in [-0.3, -0.25) is 4.90 Å². The summed E-state index contributed by atoms with van der Waals surface area (Å²) >= 11 is 0. The van der Waals surface area contributed by atoms with E-state index >= 15 is 0 Å². The second-order valence-electron chi connectivity index (χ2n) is 6.30. The van der Waals surface area contributed by atoms with E-state index in [0.717, 1.165) is 18.1 Å². The molecule has 4 atom stereocenters. The zero-order valence-electron chi connectivity index (χ0n) is 11.2. The molecule has 0 amide bonds. The maximum absolute atomic E-state index is 5.86. The first-order valence-electron chi connectivity index (χ1n) is 7.36. The van der Waals surface area contributed by atoms with Gasteiger partial charge in [0.2, 0.25) is 0 Å². The molecule has 0 saturated carbocycles. The molecule has 0 aromatic carbocycles. The Labute approximate surface area is 105 Å². The van der Waals surface area contributed by atoms with Crippen molar-refractivity contribution in [1.82, 2.24) is 10.2 Å². The predicted molar refractivity (Wildman–Crippen MR) is 69.2 cm³/mol. The second kappa shape index (κ2) is 4.87. The molecule has 2 bridgehead atoms. The van der Waals surface area contributed by atoms with E-state index in [1.54, 1.807) is 0 Å². The topological polar surface area (TPSA) is 24.5 Å². The van der Waals surface area contributed by atoms with Gasteiger partial charge >= 0.3 is 0 Å². The van der Waals surface area contributed by atoms with Crippen molar-refractivity contribution in [1.29, 1.82) is 0 Å². The van der Waals surface area contributed by atoms with Gasteiger partial charge in [-0.25, -0.2) is 0 Å². The van der Waals surface area contributed by atoms with Crippen LogP contribution in [0.1, 0.15) is 46.0 Å². The summed E-state index contributed by atoms with van der Waals surface area (Å²) in [7, 11) is 0. The number of rotatable bonds is 1. The van der Waals surface area contributed by atoms with Crippen molar-refractivity contribution in [2.75, 3.05) is 13.1 Å². The van der Waals surface area contributed by atoms with Gasteiger partial charge in [0.1, 0.15) is 0 Å². The van der Waals surface area contributed by atoms with Gasteiger partial charge in [-0.1, -0.05) is 0 Å². The molecule has 3 saturated heterocycles. The van der Waals surface area contributed by atoms with Crippen LogP contribution in [0.15, 0.2) is 0 Å². The summed E-state index contributed by atoms with van der Waals surface area (Å²) in [5.41, 5.74) is 0. The molecule has 3 fully saturated rings. The highest BCUT2D eigenvalue weighted by Gasteiger charge is 2.34. The van der Waals surface area contributed by atoms with Crippen LogP contribution < -0.4 is 5.32 Å². The Kier molecular flexibility index (Phi) is 3.42. The number of ether oxygens (including phenoxy) is 1. The van der Waals surface area contributed by atoms with Crippen molar-refractivity contribution in [2.24, 2.45) is 0 Å². The van der Waals surface area contributed by atoms with Crippen LogP contribution in [0, 0.1) is 0 Å². The fourth-order valence-corrected chi connectivity index (χ4v) is 3.97. The Bertz CT molecular complexity index is 261. The van der Waals surface area contributed by atoms with Crippen molar-refractivity contribution in [3.8, 4) is 0 Å². The van der Waals surface area contributed by atoms with E-state index in [-0.39, 0.29) is 0 Å². The van der Waals surface area contributed by atoms with Crippen LogP contribution >= 0.6 is 0 Å². The van der Waals surface area contributed by atoms with Crippen molar-refractivity contribution in [3.05, 3.63) is 0 Å². The first kappa shape index (κ1) is 11.9. The van der Waals surface area contributed by atoms with E-state index in [0.29, 0.717) is 12.2 Å². The smallest absolute Gasteiger partial charge is 0.0565 e. The number of nitrogens with zero attached hydrogens (tertiary/aromatic N) is 1. The van der Waals surface area contributed by atoms with E-state index in [4.69, 9.17) is 4.74 Å². The molecular formula is C14H26N2O. The van der Waals surface area contributed by atoms with Gasteiger partial charge < -0.3 is 10.1 Å². The third-order valence-corrected chi connectivity index (χ3v) is 4.74. The third kappa shape index (κ3) is 2.67. The zero-order chi connectivity index (χ0) is 11.8. The summed E-state index contributed by atoms with van der Waals surface area (Å²) in [6, 6.07) is 2.32. The Morgan fingerprint density at radius 1 is 1.00 bits per heavy atom. The fourth-order valence-electron chi connectivity index (χ4n) is 3.97. The minimum absolute atomic E-state index is 0.442. The van der Waals surface area contributed by atoms with Crippen LogP contribution in [0.2, 0.25) is 0 Å². The average Bonchev–Trinajstić information content (AvgIpc) is 2.56. The normalized spacial score (nSPS) is 48.0. The van der Waals surface area contributed by atoms with Gasteiger partial charge in [0.05, 0.1) is 12.2 Å². The number of nitrogens with one attached hydrogen (secondary N) is 1. The van der Waals surface area contributed by atoms with E-state index in [9.17, 15) is 0 Å². The molecule has 17 heavy (non-hydrogen) atoms. The SMILES string of the molecule is CC1CC(N2CCC3CCC(C2)N3)CC(C)O1. The van der Waals surface area contributed by atoms with Crippen LogP contribution in [0.3, 0.4) is 0 Å². The van der Waals surface area contributed by atoms with Gasteiger partial charge in [0.25, 0.3) is 0 Å². The van der Waals surface area contributed by atoms with E-state index in [2.05, 4.69) is 24.1 Å². The number of likely N-dealkylation sites (tertiary alicyclic amines) is 1. The number of fused-ring (bicyclic) bond motifs is 2. The molecule has 3 aliphatic heterocycles. The molecule has 0 aromatic heterocycles. The zero-order valence-corrected chi connectivity index (χ0v) is 11.2. The predicted octanol–water partition coefficient (Wildman–Crippen LogP) is 1.77. The Morgan fingerprint density at radius 3 is 2.47 bits per heavy atom. The van der Waals surface area contributed by atoms with Crippen LogP contribution in [0.5, 0.6) is 0 Å². The van der Waals surface area contributed by atoms with Crippen LogP contribution in [-0.4, -0.2) is 48.3 Å². The monoisotopic (exact) mass is 238 g/mol. The molecule has 1 N–H and O–H groups in total. The standard InChI is InChI=1S/C14H26N2O/c1-10-7-14(8-11(2)17-10)16-6-5-12-3-4-13(9-16)15-12/h10-15H,3-9H2,1-2H3. The van der Waals surface area contributed by atoms with Gasteiger partial charge in [0.15, 0.2) is 0 Å². The largest absolute Gasteiger partial charge is 0.375 e. The molecule has 98 valence electrons. The van der Waals surface area contributed by atoms with E-state index in [1.165, 1.54) is 45.2 Å². The van der Waals surface area contributed by atoms with Gasteiger partial charge in [-0.2, -0.15) is 0 Å². The summed E-state index contributed by atoms with van der Waals surface area (Å²) < 4.78 is 5.86. The van der Waals surface area contributed by atoms with Gasteiger partial charge in [-0.15, -0.1) is 0 Å². The molecule has 3 rings (SSSR count). The lowest BCUT2D eigenvalue weighted by atomic mass is 9.96. The fraction of sp³-hybridized carbons (Fsp3) is 1.00. The van der Waals surface area contributed by atoms with Crippen molar-refractivity contribution in [2.45, 2.75) is 76.3 Å². The summed E-state index contributed by atoms with van der Waals surface area (Å²) in [4.78, 5) is 2.74. The lowest BCUT2D eigenvalue weighted by molar-refractivity contribution is -0.0656. The molecular weight excluding hydrogens is 212 g/mol. The Hall–Kier alpha value is -0.120. The highest BCUT2D eigenvalue weighted by atomic mass is 16.5. The van der Waals surface area contributed by atoms with Gasteiger partial charge in [0, 0.05) is 24.7 Å². The van der Waals surface area contributed by atoms with Crippen molar-refractivity contribution in [3.63, 3.8) is 0 Å². The van der Waals surface area contributed by atoms with Gasteiger partial charge in [-0.05, 0) is 52.5 Å². The minimum Gasteiger partial charge on any atom is -0.375 e. The number of hydrogen-bond donors (Lipinski definition) is 1.